The minimum absolute atomic E-state index is 0.119. The van der Waals surface area contributed by atoms with Gasteiger partial charge in [-0.05, 0) is 23.8 Å². The molecule has 2 rings (SSSR count). The van der Waals surface area contributed by atoms with Crippen molar-refractivity contribution in [2.75, 3.05) is 13.7 Å². The molecule has 0 bridgehead atoms. The van der Waals surface area contributed by atoms with E-state index in [9.17, 15) is 9.90 Å². The van der Waals surface area contributed by atoms with Crippen LogP contribution in [-0.2, 0) is 6.54 Å². The van der Waals surface area contributed by atoms with Gasteiger partial charge in [-0.25, -0.2) is 4.79 Å². The molecule has 0 saturated heterocycles. The highest BCUT2D eigenvalue weighted by Crippen LogP contribution is 2.12. The molecule has 0 fully saturated rings. The summed E-state index contributed by atoms with van der Waals surface area (Å²) in [7, 11) is 1.60. The number of aliphatic hydroxyl groups is 1. The largest absolute Gasteiger partial charge is 0.497 e. The highest BCUT2D eigenvalue weighted by Gasteiger charge is 2.10. The average Bonchev–Trinajstić information content (AvgIpc) is 3.05. The number of rotatable bonds is 6. The van der Waals surface area contributed by atoms with Crippen LogP contribution in [0.3, 0.4) is 0 Å². The molecule has 0 aliphatic heterocycles. The Labute approximate surface area is 122 Å². The first-order chi connectivity index (χ1) is 10.2. The minimum atomic E-state index is -0.782. The summed E-state index contributed by atoms with van der Waals surface area (Å²) < 4.78 is 9.93. The van der Waals surface area contributed by atoms with Gasteiger partial charge >= 0.3 is 6.03 Å². The lowest BCUT2D eigenvalue weighted by Crippen LogP contribution is -2.37. The van der Waals surface area contributed by atoms with Crippen molar-refractivity contribution >= 4 is 6.03 Å². The summed E-state index contributed by atoms with van der Waals surface area (Å²) in [5.74, 6) is 0.770. The van der Waals surface area contributed by atoms with Gasteiger partial charge in [0.2, 0.25) is 0 Å². The Morgan fingerprint density at radius 2 is 2.05 bits per heavy atom. The molecular formula is C15H18N2O4. The fraction of sp³-hybridized carbons (Fsp3) is 0.267. The second-order valence-electron chi connectivity index (χ2n) is 4.48. The van der Waals surface area contributed by atoms with Crippen molar-refractivity contribution in [3.05, 3.63) is 54.0 Å². The fourth-order valence-corrected chi connectivity index (χ4v) is 1.76. The number of urea groups is 1. The van der Waals surface area contributed by atoms with Crippen molar-refractivity contribution in [3.8, 4) is 5.75 Å². The maximum absolute atomic E-state index is 11.6. The van der Waals surface area contributed by atoms with Crippen LogP contribution < -0.4 is 15.4 Å². The summed E-state index contributed by atoms with van der Waals surface area (Å²) in [6.45, 7) is 0.519. The van der Waals surface area contributed by atoms with Gasteiger partial charge in [-0.15, -0.1) is 0 Å². The predicted molar refractivity (Wildman–Crippen MR) is 76.9 cm³/mol. The third-order valence-electron chi connectivity index (χ3n) is 3.00. The zero-order chi connectivity index (χ0) is 15.1. The number of hydrogen-bond donors (Lipinski definition) is 3. The van der Waals surface area contributed by atoms with Crippen molar-refractivity contribution < 1.29 is 19.1 Å². The zero-order valence-corrected chi connectivity index (χ0v) is 11.7. The maximum Gasteiger partial charge on any atom is 0.315 e. The van der Waals surface area contributed by atoms with E-state index in [1.807, 2.05) is 24.3 Å². The molecule has 6 heteroatoms. The molecule has 21 heavy (non-hydrogen) atoms. The molecule has 0 spiro atoms. The van der Waals surface area contributed by atoms with Gasteiger partial charge in [0.1, 0.15) is 5.75 Å². The average molecular weight is 290 g/mol. The van der Waals surface area contributed by atoms with Crippen molar-refractivity contribution in [2.24, 2.45) is 0 Å². The number of aliphatic hydroxyl groups excluding tert-OH is 1. The number of furan rings is 1. The minimum Gasteiger partial charge on any atom is -0.497 e. The predicted octanol–water partition coefficient (Wildman–Crippen LogP) is 1.82. The topological polar surface area (TPSA) is 83.7 Å². The van der Waals surface area contributed by atoms with Gasteiger partial charge in [0.25, 0.3) is 0 Å². The van der Waals surface area contributed by atoms with Crippen molar-refractivity contribution in [1.29, 1.82) is 0 Å². The maximum atomic E-state index is 11.6. The summed E-state index contributed by atoms with van der Waals surface area (Å²) >= 11 is 0. The number of amides is 2. The zero-order valence-electron chi connectivity index (χ0n) is 11.7. The van der Waals surface area contributed by atoms with Crippen LogP contribution in [-0.4, -0.2) is 24.8 Å². The lowest BCUT2D eigenvalue weighted by atomic mass is 10.2. The Morgan fingerprint density at radius 3 is 2.67 bits per heavy atom. The molecule has 6 nitrogen and oxygen atoms in total. The molecule has 0 unspecified atom stereocenters. The van der Waals surface area contributed by atoms with Crippen LogP contribution in [0.15, 0.2) is 47.3 Å². The van der Waals surface area contributed by atoms with Crippen LogP contribution in [0.5, 0.6) is 5.75 Å². The first-order valence-electron chi connectivity index (χ1n) is 6.54. The Morgan fingerprint density at radius 1 is 1.29 bits per heavy atom. The van der Waals surface area contributed by atoms with Crippen molar-refractivity contribution in [1.82, 2.24) is 10.6 Å². The van der Waals surface area contributed by atoms with Gasteiger partial charge in [-0.3, -0.25) is 0 Å². The number of benzene rings is 1. The number of carbonyl (C=O) groups excluding carboxylic acids is 1. The monoisotopic (exact) mass is 290 g/mol. The van der Waals surface area contributed by atoms with Gasteiger partial charge < -0.3 is 24.9 Å². The van der Waals surface area contributed by atoms with Crippen LogP contribution in [0.4, 0.5) is 4.79 Å². The molecular weight excluding hydrogens is 272 g/mol. The lowest BCUT2D eigenvalue weighted by Gasteiger charge is -2.11. The van der Waals surface area contributed by atoms with Crippen LogP contribution in [0, 0.1) is 0 Å². The van der Waals surface area contributed by atoms with E-state index in [0.717, 1.165) is 11.3 Å². The van der Waals surface area contributed by atoms with Gasteiger partial charge in [0, 0.05) is 18.7 Å². The number of hydrogen-bond acceptors (Lipinski definition) is 4. The third-order valence-corrected chi connectivity index (χ3v) is 3.00. The molecule has 3 N–H and O–H groups in total. The number of methoxy groups -OCH3 is 1. The fourth-order valence-electron chi connectivity index (χ4n) is 1.76. The van der Waals surface area contributed by atoms with Crippen LogP contribution in [0.25, 0.3) is 0 Å². The Kier molecular flexibility index (Phi) is 5.22. The van der Waals surface area contributed by atoms with Gasteiger partial charge in [-0.2, -0.15) is 0 Å². The highest BCUT2D eigenvalue weighted by atomic mass is 16.5. The van der Waals surface area contributed by atoms with E-state index in [4.69, 9.17) is 9.15 Å². The van der Waals surface area contributed by atoms with Crippen molar-refractivity contribution in [3.63, 3.8) is 0 Å². The smallest absolute Gasteiger partial charge is 0.315 e. The van der Waals surface area contributed by atoms with E-state index >= 15 is 0 Å². The lowest BCUT2D eigenvalue weighted by molar-refractivity contribution is 0.172. The van der Waals surface area contributed by atoms with Gasteiger partial charge in [0.15, 0.2) is 0 Å². The molecule has 1 aromatic carbocycles. The van der Waals surface area contributed by atoms with E-state index in [1.54, 1.807) is 13.2 Å². The number of ether oxygens (including phenoxy) is 1. The molecule has 2 aromatic rings. The SMILES string of the molecule is COc1ccc(CNC(=O)NC[C@H](O)c2ccoc2)cc1. The molecule has 0 saturated carbocycles. The molecule has 0 aliphatic rings. The van der Waals surface area contributed by atoms with Crippen LogP contribution >= 0.6 is 0 Å². The number of carbonyl (C=O) groups is 1. The second-order valence-corrected chi connectivity index (χ2v) is 4.48. The quantitative estimate of drug-likeness (QED) is 0.757. The van der Waals surface area contributed by atoms with E-state index in [0.29, 0.717) is 12.1 Å². The Bertz CT molecular complexity index is 552. The van der Waals surface area contributed by atoms with E-state index in [1.165, 1.54) is 12.5 Å². The van der Waals surface area contributed by atoms with E-state index in [-0.39, 0.29) is 12.6 Å². The summed E-state index contributed by atoms with van der Waals surface area (Å²) in [4.78, 5) is 11.6. The molecule has 112 valence electrons. The molecule has 1 aromatic heterocycles. The summed E-state index contributed by atoms with van der Waals surface area (Å²) in [6, 6.07) is 8.73. The highest BCUT2D eigenvalue weighted by molar-refractivity contribution is 5.73. The third kappa shape index (κ3) is 4.54. The molecule has 1 heterocycles. The molecule has 1 atom stereocenters. The molecule has 0 aliphatic carbocycles. The first kappa shape index (κ1) is 14.9. The van der Waals surface area contributed by atoms with Gasteiger partial charge in [-0.1, -0.05) is 12.1 Å². The number of nitrogens with one attached hydrogen (secondary N) is 2. The van der Waals surface area contributed by atoms with Crippen LogP contribution in [0.2, 0.25) is 0 Å². The Hall–Kier alpha value is -2.47. The standard InChI is InChI=1S/C15H18N2O4/c1-20-13-4-2-11(3-5-13)8-16-15(19)17-9-14(18)12-6-7-21-10-12/h2-7,10,14,18H,8-9H2,1H3,(H2,16,17,19)/t14-/m0/s1. The molecule has 0 radical (unpaired) electrons. The molecule has 2 amide bonds. The summed E-state index contributed by atoms with van der Waals surface area (Å²) in [6.07, 6.45) is 2.14. The van der Waals surface area contributed by atoms with E-state index < -0.39 is 6.10 Å². The van der Waals surface area contributed by atoms with Crippen molar-refractivity contribution in [2.45, 2.75) is 12.6 Å². The second kappa shape index (κ2) is 7.35. The van der Waals surface area contributed by atoms with E-state index in [2.05, 4.69) is 10.6 Å². The Balaban J connectivity index is 1.71. The first-order valence-corrected chi connectivity index (χ1v) is 6.54. The normalized spacial score (nSPS) is 11.7. The summed E-state index contributed by atoms with van der Waals surface area (Å²) in [5.41, 5.74) is 1.59. The summed E-state index contributed by atoms with van der Waals surface area (Å²) in [5, 5.41) is 15.1. The van der Waals surface area contributed by atoms with Crippen LogP contribution in [0.1, 0.15) is 17.2 Å². The van der Waals surface area contributed by atoms with Gasteiger partial charge in [0.05, 0.1) is 25.7 Å².